The van der Waals surface area contributed by atoms with Gasteiger partial charge in [0, 0.05) is 7.05 Å². The molecule has 1 heterocycles. The molecule has 1 aromatic heterocycles. The summed E-state index contributed by atoms with van der Waals surface area (Å²) in [6.07, 6.45) is 0. The van der Waals surface area contributed by atoms with Gasteiger partial charge in [-0.05, 0) is 44.0 Å². The van der Waals surface area contributed by atoms with Gasteiger partial charge in [-0.15, -0.1) is 0 Å². The van der Waals surface area contributed by atoms with Gasteiger partial charge in [0.2, 0.25) is 0 Å². The van der Waals surface area contributed by atoms with Crippen LogP contribution in [0.5, 0.6) is 0 Å². The lowest BCUT2D eigenvalue weighted by molar-refractivity contribution is 0.629. The van der Waals surface area contributed by atoms with E-state index in [1.807, 2.05) is 40.0 Å². The molecular formula is C13H17N3O. The molecule has 0 saturated heterocycles. The molecule has 0 amide bonds. The molecule has 0 fully saturated rings. The van der Waals surface area contributed by atoms with Crippen LogP contribution < -0.4 is 11.3 Å². The molecule has 0 unspecified atom stereocenters. The van der Waals surface area contributed by atoms with E-state index in [-0.39, 0.29) is 5.56 Å². The molecule has 0 atom stereocenters. The Balaban J connectivity index is 2.77. The number of aryl methyl sites for hydroxylation is 2. The Hall–Kier alpha value is -1.97. The zero-order valence-electron chi connectivity index (χ0n) is 10.6. The third-order valence-electron chi connectivity index (χ3n) is 3.05. The normalized spacial score (nSPS) is 10.8. The second-order valence-electron chi connectivity index (χ2n) is 4.49. The lowest BCUT2D eigenvalue weighted by Crippen LogP contribution is -2.20. The lowest BCUT2D eigenvalue weighted by atomic mass is 10.1. The summed E-state index contributed by atoms with van der Waals surface area (Å²) in [6.45, 7) is 5.87. The van der Waals surface area contributed by atoms with Crippen LogP contribution >= 0.6 is 0 Å². The van der Waals surface area contributed by atoms with Crippen molar-refractivity contribution in [3.63, 3.8) is 0 Å². The standard InChI is InChI=1S/C13H17N3O/c1-8-5-9(2)7-11(6-8)16-13(17)12(14)10(3)15(16)4/h5-7H,14H2,1-4H3. The van der Waals surface area contributed by atoms with Crippen molar-refractivity contribution in [1.29, 1.82) is 0 Å². The molecule has 2 aromatic rings. The third kappa shape index (κ3) is 1.75. The number of benzene rings is 1. The van der Waals surface area contributed by atoms with Gasteiger partial charge >= 0.3 is 0 Å². The maximum absolute atomic E-state index is 12.1. The Kier molecular flexibility index (Phi) is 2.58. The van der Waals surface area contributed by atoms with Gasteiger partial charge in [-0.1, -0.05) is 6.07 Å². The number of nitrogen functional groups attached to an aromatic ring is 1. The molecule has 4 heteroatoms. The van der Waals surface area contributed by atoms with Crippen LogP contribution in [0.2, 0.25) is 0 Å². The minimum absolute atomic E-state index is 0.157. The largest absolute Gasteiger partial charge is 0.393 e. The highest BCUT2D eigenvalue weighted by Gasteiger charge is 2.13. The summed E-state index contributed by atoms with van der Waals surface area (Å²) in [4.78, 5) is 12.1. The van der Waals surface area contributed by atoms with Gasteiger partial charge in [-0.3, -0.25) is 9.48 Å². The number of anilines is 1. The first-order valence-electron chi connectivity index (χ1n) is 5.54. The van der Waals surface area contributed by atoms with Crippen molar-refractivity contribution < 1.29 is 0 Å². The van der Waals surface area contributed by atoms with Gasteiger partial charge in [0.25, 0.3) is 5.56 Å². The number of rotatable bonds is 1. The SMILES string of the molecule is Cc1cc(C)cc(-n2c(=O)c(N)c(C)n2C)c1. The zero-order valence-corrected chi connectivity index (χ0v) is 10.6. The molecule has 0 spiro atoms. The second kappa shape index (κ2) is 3.80. The van der Waals surface area contributed by atoms with Crippen LogP contribution in [-0.4, -0.2) is 9.36 Å². The van der Waals surface area contributed by atoms with Gasteiger partial charge in [0.1, 0.15) is 5.69 Å². The van der Waals surface area contributed by atoms with Crippen LogP contribution in [0.25, 0.3) is 5.69 Å². The van der Waals surface area contributed by atoms with Crippen LogP contribution in [-0.2, 0) is 7.05 Å². The molecule has 1 aromatic carbocycles. The molecule has 0 aliphatic heterocycles. The first-order chi connectivity index (χ1) is 7.91. The molecule has 0 radical (unpaired) electrons. The molecule has 90 valence electrons. The monoisotopic (exact) mass is 231 g/mol. The first-order valence-corrected chi connectivity index (χ1v) is 5.54. The van der Waals surface area contributed by atoms with E-state index in [0.717, 1.165) is 22.5 Å². The van der Waals surface area contributed by atoms with Crippen molar-refractivity contribution in [2.75, 3.05) is 5.73 Å². The van der Waals surface area contributed by atoms with Crippen LogP contribution in [0.4, 0.5) is 5.69 Å². The van der Waals surface area contributed by atoms with Crippen molar-refractivity contribution in [1.82, 2.24) is 9.36 Å². The van der Waals surface area contributed by atoms with Gasteiger partial charge in [-0.2, -0.15) is 0 Å². The van der Waals surface area contributed by atoms with Crippen molar-refractivity contribution in [2.45, 2.75) is 20.8 Å². The molecule has 0 saturated carbocycles. The van der Waals surface area contributed by atoms with Crippen LogP contribution in [0, 0.1) is 20.8 Å². The van der Waals surface area contributed by atoms with Crippen molar-refractivity contribution >= 4 is 5.69 Å². The Morgan fingerprint density at radius 2 is 1.59 bits per heavy atom. The highest BCUT2D eigenvalue weighted by molar-refractivity contribution is 5.46. The van der Waals surface area contributed by atoms with Crippen molar-refractivity contribution in [3.05, 3.63) is 45.4 Å². The predicted molar refractivity (Wildman–Crippen MR) is 69.6 cm³/mol. The van der Waals surface area contributed by atoms with E-state index in [9.17, 15) is 4.79 Å². The molecular weight excluding hydrogens is 214 g/mol. The highest BCUT2D eigenvalue weighted by Crippen LogP contribution is 2.14. The Labute approximate surface area is 100 Å². The van der Waals surface area contributed by atoms with E-state index >= 15 is 0 Å². The average Bonchev–Trinajstić information content (AvgIpc) is 2.42. The average molecular weight is 231 g/mol. The van der Waals surface area contributed by atoms with E-state index in [1.165, 1.54) is 0 Å². The highest BCUT2D eigenvalue weighted by atomic mass is 16.1. The Morgan fingerprint density at radius 3 is 2.00 bits per heavy atom. The Bertz CT molecular complexity index is 615. The van der Waals surface area contributed by atoms with Gasteiger partial charge in [0.05, 0.1) is 11.4 Å². The van der Waals surface area contributed by atoms with Crippen LogP contribution in [0.15, 0.2) is 23.0 Å². The van der Waals surface area contributed by atoms with Crippen LogP contribution in [0.1, 0.15) is 16.8 Å². The molecule has 17 heavy (non-hydrogen) atoms. The van der Waals surface area contributed by atoms with Gasteiger partial charge in [-0.25, -0.2) is 4.68 Å². The van der Waals surface area contributed by atoms with Gasteiger partial charge in [0.15, 0.2) is 0 Å². The zero-order chi connectivity index (χ0) is 12.7. The van der Waals surface area contributed by atoms with E-state index in [2.05, 4.69) is 6.07 Å². The van der Waals surface area contributed by atoms with E-state index in [1.54, 1.807) is 9.36 Å². The van der Waals surface area contributed by atoms with Crippen LogP contribution in [0.3, 0.4) is 0 Å². The summed E-state index contributed by atoms with van der Waals surface area (Å²) in [5.74, 6) is 0. The second-order valence-corrected chi connectivity index (χ2v) is 4.49. The van der Waals surface area contributed by atoms with Crippen molar-refractivity contribution in [3.8, 4) is 5.69 Å². The number of nitrogens with zero attached hydrogens (tertiary/aromatic N) is 2. The first kappa shape index (κ1) is 11.5. The number of hydrogen-bond acceptors (Lipinski definition) is 2. The summed E-state index contributed by atoms with van der Waals surface area (Å²) in [6, 6.07) is 6.04. The summed E-state index contributed by atoms with van der Waals surface area (Å²) < 4.78 is 3.39. The maximum atomic E-state index is 12.1. The molecule has 0 bridgehead atoms. The molecule has 2 N–H and O–H groups in total. The fourth-order valence-electron chi connectivity index (χ4n) is 2.09. The maximum Gasteiger partial charge on any atom is 0.294 e. The number of nitrogens with two attached hydrogens (primary N) is 1. The molecule has 4 nitrogen and oxygen atoms in total. The molecule has 0 aliphatic rings. The lowest BCUT2D eigenvalue weighted by Gasteiger charge is -2.10. The minimum Gasteiger partial charge on any atom is -0.393 e. The van der Waals surface area contributed by atoms with Gasteiger partial charge < -0.3 is 5.73 Å². The summed E-state index contributed by atoms with van der Waals surface area (Å²) in [5, 5.41) is 0. The topological polar surface area (TPSA) is 52.9 Å². The summed E-state index contributed by atoms with van der Waals surface area (Å²) in [5.41, 5.74) is 9.82. The minimum atomic E-state index is -0.157. The molecule has 0 aliphatic carbocycles. The molecule has 2 rings (SSSR count). The fourth-order valence-corrected chi connectivity index (χ4v) is 2.09. The predicted octanol–water partition coefficient (Wildman–Crippen LogP) is 1.68. The summed E-state index contributed by atoms with van der Waals surface area (Å²) in [7, 11) is 1.84. The number of aromatic nitrogens is 2. The van der Waals surface area contributed by atoms with Crippen molar-refractivity contribution in [2.24, 2.45) is 7.05 Å². The van der Waals surface area contributed by atoms with E-state index in [0.29, 0.717) is 5.69 Å². The third-order valence-corrected chi connectivity index (χ3v) is 3.05. The summed E-state index contributed by atoms with van der Waals surface area (Å²) >= 11 is 0. The number of hydrogen-bond donors (Lipinski definition) is 1. The Morgan fingerprint density at radius 1 is 1.06 bits per heavy atom. The fraction of sp³-hybridized carbons (Fsp3) is 0.308. The quantitative estimate of drug-likeness (QED) is 0.812. The smallest absolute Gasteiger partial charge is 0.294 e. The van der Waals surface area contributed by atoms with E-state index < -0.39 is 0 Å². The van der Waals surface area contributed by atoms with E-state index in [4.69, 9.17) is 5.73 Å².